The van der Waals surface area contributed by atoms with Crippen LogP contribution in [0.4, 0.5) is 0 Å². The summed E-state index contributed by atoms with van der Waals surface area (Å²) in [6, 6.07) is 10.3. The molecule has 0 bridgehead atoms. The molecule has 2 fully saturated rings. The Morgan fingerprint density at radius 2 is 2.10 bits per heavy atom. The molecule has 0 amide bonds. The molecule has 0 aliphatic carbocycles. The van der Waals surface area contributed by atoms with E-state index in [-0.39, 0.29) is 23.9 Å². The van der Waals surface area contributed by atoms with Crippen molar-refractivity contribution in [3.05, 3.63) is 69.6 Å². The number of carboxylic acids is 1. The number of pyridine rings is 1. The number of piperidine rings is 1. The van der Waals surface area contributed by atoms with E-state index in [1.807, 2.05) is 9.47 Å². The summed E-state index contributed by atoms with van der Waals surface area (Å²) in [4.78, 5) is 23.5. The van der Waals surface area contributed by atoms with Gasteiger partial charge in [-0.3, -0.25) is 9.88 Å². The van der Waals surface area contributed by atoms with Crippen LogP contribution in [0.1, 0.15) is 45.9 Å². The van der Waals surface area contributed by atoms with E-state index in [2.05, 4.69) is 4.98 Å². The van der Waals surface area contributed by atoms with Crippen LogP contribution in [-0.4, -0.2) is 72.6 Å². The van der Waals surface area contributed by atoms with Crippen molar-refractivity contribution in [1.82, 2.24) is 19.4 Å². The highest BCUT2D eigenvalue weighted by atomic mass is 35.5. The van der Waals surface area contributed by atoms with Crippen LogP contribution in [0.5, 0.6) is 11.5 Å². The smallest absolute Gasteiger partial charge is 0.346 e. The van der Waals surface area contributed by atoms with Crippen LogP contribution in [0, 0.1) is 0 Å². The van der Waals surface area contributed by atoms with Crippen molar-refractivity contribution < 1.29 is 34.3 Å². The van der Waals surface area contributed by atoms with Gasteiger partial charge in [-0.05, 0) is 37.1 Å². The molecule has 6 heterocycles. The van der Waals surface area contributed by atoms with E-state index in [4.69, 9.17) is 30.8 Å². The molecular weight excluding hydrogens is 572 g/mol. The van der Waals surface area contributed by atoms with Gasteiger partial charge < -0.3 is 34.1 Å². The van der Waals surface area contributed by atoms with Gasteiger partial charge in [0, 0.05) is 31.5 Å². The lowest BCUT2D eigenvalue weighted by Gasteiger charge is -2.42. The molecule has 3 aromatic heterocycles. The number of carboxylic acid groups (broad SMARTS) is 1. The zero-order valence-electron chi connectivity index (χ0n) is 21.8. The fraction of sp³-hybridized carbons (Fsp3) is 0.393. The lowest BCUT2D eigenvalue weighted by atomic mass is 9.81. The first kappa shape index (κ1) is 26.6. The number of thiophene rings is 1. The number of fused-ring (bicyclic) bond motifs is 2. The van der Waals surface area contributed by atoms with E-state index in [9.17, 15) is 20.1 Å². The molecular formula is C28H27ClN4O7S. The predicted molar refractivity (Wildman–Crippen MR) is 148 cm³/mol. The quantitative estimate of drug-likeness (QED) is 0.289. The number of likely N-dealkylation sites (tertiary alicyclic amines) is 1. The van der Waals surface area contributed by atoms with E-state index in [0.29, 0.717) is 58.9 Å². The largest absolute Gasteiger partial charge is 0.477 e. The number of rotatable bonds is 7. The number of aliphatic hydroxyl groups is 2. The molecule has 7 rings (SSSR count). The van der Waals surface area contributed by atoms with Crippen molar-refractivity contribution in [2.24, 2.45) is 0 Å². The minimum Gasteiger partial charge on any atom is -0.477 e. The van der Waals surface area contributed by atoms with Gasteiger partial charge in [-0.15, -0.1) is 11.3 Å². The molecule has 2 saturated heterocycles. The first-order chi connectivity index (χ1) is 19.8. The molecule has 4 atom stereocenters. The van der Waals surface area contributed by atoms with E-state index in [1.165, 1.54) is 6.20 Å². The van der Waals surface area contributed by atoms with Crippen LogP contribution >= 0.6 is 22.9 Å². The van der Waals surface area contributed by atoms with Gasteiger partial charge in [-0.2, -0.15) is 0 Å². The Bertz CT molecular complexity index is 1620. The Labute approximate surface area is 243 Å². The van der Waals surface area contributed by atoms with E-state index in [1.54, 1.807) is 36.4 Å². The fourth-order valence-corrected chi connectivity index (χ4v) is 6.63. The lowest BCUT2D eigenvalue weighted by Crippen LogP contribution is -2.53. The molecule has 41 heavy (non-hydrogen) atoms. The Balaban J connectivity index is 1.10. The van der Waals surface area contributed by atoms with Crippen molar-refractivity contribution >= 4 is 39.3 Å². The zero-order chi connectivity index (χ0) is 28.3. The Kier molecular flexibility index (Phi) is 6.64. The number of benzene rings is 1. The SMILES string of the molecule is O=C(O)c1cc2c(nc(CN3CCC(O)(c4cccc5c4OC(c4ccc(Cl)cn4)O5)C(O)C3)n2C[C@@H]2CCO2)s1. The summed E-state index contributed by atoms with van der Waals surface area (Å²) in [6.45, 7) is 2.41. The maximum atomic E-state index is 11.8. The summed E-state index contributed by atoms with van der Waals surface area (Å²) in [5.41, 5.74) is 0.217. The monoisotopic (exact) mass is 598 g/mol. The van der Waals surface area contributed by atoms with Gasteiger partial charge in [-0.1, -0.05) is 23.7 Å². The van der Waals surface area contributed by atoms with Crippen LogP contribution in [0.2, 0.25) is 5.02 Å². The average molecular weight is 599 g/mol. The van der Waals surface area contributed by atoms with Gasteiger partial charge in [0.25, 0.3) is 6.29 Å². The second-order valence-corrected chi connectivity index (χ2v) is 12.0. The minimum absolute atomic E-state index is 0.0608. The first-order valence-corrected chi connectivity index (χ1v) is 14.5. The van der Waals surface area contributed by atoms with Crippen molar-refractivity contribution in [2.45, 2.75) is 50.0 Å². The van der Waals surface area contributed by atoms with Crippen LogP contribution in [0.25, 0.3) is 10.3 Å². The molecule has 3 aliphatic heterocycles. The highest BCUT2D eigenvalue weighted by Crippen LogP contribution is 2.48. The van der Waals surface area contributed by atoms with Crippen molar-refractivity contribution in [2.75, 3.05) is 19.7 Å². The Morgan fingerprint density at radius 1 is 1.24 bits per heavy atom. The average Bonchev–Trinajstić information content (AvgIpc) is 3.62. The highest BCUT2D eigenvalue weighted by Gasteiger charge is 2.46. The topological polar surface area (TPSA) is 139 Å². The normalized spacial score (nSPS) is 25.9. The molecule has 11 nitrogen and oxygen atoms in total. The summed E-state index contributed by atoms with van der Waals surface area (Å²) < 4.78 is 19.7. The van der Waals surface area contributed by atoms with Crippen LogP contribution in [0.15, 0.2) is 42.6 Å². The molecule has 0 radical (unpaired) electrons. The van der Waals surface area contributed by atoms with Crippen LogP contribution in [-0.2, 0) is 23.4 Å². The van der Waals surface area contributed by atoms with E-state index >= 15 is 0 Å². The van der Waals surface area contributed by atoms with Gasteiger partial charge in [0.2, 0.25) is 0 Å². The van der Waals surface area contributed by atoms with Crippen molar-refractivity contribution in [3.63, 3.8) is 0 Å². The maximum Gasteiger partial charge on any atom is 0.346 e. The molecule has 214 valence electrons. The maximum absolute atomic E-state index is 11.8. The number of para-hydroxylation sites is 1. The van der Waals surface area contributed by atoms with Gasteiger partial charge >= 0.3 is 5.97 Å². The highest BCUT2D eigenvalue weighted by molar-refractivity contribution is 7.20. The van der Waals surface area contributed by atoms with Gasteiger partial charge in [0.1, 0.15) is 26.8 Å². The fourth-order valence-electron chi connectivity index (χ4n) is 5.63. The van der Waals surface area contributed by atoms with E-state index in [0.717, 1.165) is 29.1 Å². The first-order valence-electron chi connectivity index (χ1n) is 13.3. The molecule has 3 aliphatic rings. The van der Waals surface area contributed by atoms with Gasteiger partial charge in [0.05, 0.1) is 35.8 Å². The zero-order valence-corrected chi connectivity index (χ0v) is 23.3. The molecule has 3 N–H and O–H groups in total. The standard InChI is InChI=1S/C28H27ClN4O7S/c29-15-4-5-18(30-11-15)27-39-20-3-1-2-17(24(20)40-27)28(37)7-8-32(13-22(28)34)14-23-31-25-19(10-21(41-25)26(35)36)33(23)12-16-6-9-38-16/h1-5,10-11,16,22,27,34,37H,6-9,12-14H2,(H,35,36)/t16-,22?,27?,28?/m0/s1. The summed E-state index contributed by atoms with van der Waals surface area (Å²) in [5.74, 6) is 0.645. The number of nitrogens with zero attached hydrogens (tertiary/aromatic N) is 4. The number of β-amino-alcohol motifs (C(OH)–C–C–N with tert-alkyl or cyclic N) is 1. The molecule has 4 aromatic rings. The number of ether oxygens (including phenoxy) is 3. The number of halogens is 1. The number of aromatic nitrogens is 3. The second kappa shape index (κ2) is 10.2. The predicted octanol–water partition coefficient (Wildman–Crippen LogP) is 3.56. The number of hydrogen-bond donors (Lipinski definition) is 3. The van der Waals surface area contributed by atoms with Crippen LogP contribution < -0.4 is 9.47 Å². The summed E-state index contributed by atoms with van der Waals surface area (Å²) in [6.07, 6.45) is 0.856. The van der Waals surface area contributed by atoms with E-state index < -0.39 is 24.0 Å². The number of carbonyl (C=O) groups is 1. The summed E-state index contributed by atoms with van der Waals surface area (Å²) in [7, 11) is 0. The minimum atomic E-state index is -1.56. The molecule has 3 unspecified atom stereocenters. The van der Waals surface area contributed by atoms with Crippen molar-refractivity contribution in [1.29, 1.82) is 0 Å². The Hall–Kier alpha value is -3.26. The third-order valence-electron chi connectivity index (χ3n) is 7.97. The Morgan fingerprint density at radius 3 is 2.80 bits per heavy atom. The van der Waals surface area contributed by atoms with Crippen molar-refractivity contribution in [3.8, 4) is 11.5 Å². The molecule has 1 aromatic carbocycles. The molecule has 13 heteroatoms. The van der Waals surface area contributed by atoms with Gasteiger partial charge in [-0.25, -0.2) is 9.78 Å². The molecule has 0 spiro atoms. The molecule has 0 saturated carbocycles. The summed E-state index contributed by atoms with van der Waals surface area (Å²) >= 11 is 7.11. The third kappa shape index (κ3) is 4.74. The number of imidazole rings is 1. The summed E-state index contributed by atoms with van der Waals surface area (Å²) in [5, 5.41) is 33.0. The number of hydrogen-bond acceptors (Lipinski definition) is 10. The third-order valence-corrected chi connectivity index (χ3v) is 9.20. The number of aromatic carboxylic acids is 1. The number of aliphatic hydroxyl groups excluding tert-OH is 1. The second-order valence-electron chi connectivity index (χ2n) is 10.6. The van der Waals surface area contributed by atoms with Crippen LogP contribution in [0.3, 0.4) is 0 Å². The lowest BCUT2D eigenvalue weighted by molar-refractivity contribution is -0.127. The van der Waals surface area contributed by atoms with Gasteiger partial charge in [0.15, 0.2) is 11.5 Å².